The molecule has 2 rings (SSSR count). The third-order valence-electron chi connectivity index (χ3n) is 3.34. The molecule has 64 valence electrons. The van der Waals surface area contributed by atoms with Crippen LogP contribution >= 0.6 is 0 Å². The molecule has 0 spiro atoms. The number of rotatable bonds is 0. The highest BCUT2D eigenvalue weighted by molar-refractivity contribution is 5.50. The summed E-state index contributed by atoms with van der Waals surface area (Å²) in [6, 6.07) is 8.09. The van der Waals surface area contributed by atoms with E-state index in [-0.39, 0.29) is 5.41 Å². The Morgan fingerprint density at radius 3 is 2.00 bits per heavy atom. The Kier molecular flexibility index (Phi) is 1.24. The topological polar surface area (TPSA) is 20.2 Å². The van der Waals surface area contributed by atoms with Crippen LogP contribution in [0.2, 0.25) is 0 Å². The van der Waals surface area contributed by atoms with Crippen molar-refractivity contribution in [2.45, 2.75) is 31.8 Å². The van der Waals surface area contributed by atoms with E-state index in [1.807, 2.05) is 25.1 Å². The van der Waals surface area contributed by atoms with Gasteiger partial charge in [-0.05, 0) is 18.1 Å². The molecule has 0 radical (unpaired) electrons. The molecule has 1 aliphatic carbocycles. The maximum Gasteiger partial charge on any atom is 0.0962 e. The van der Waals surface area contributed by atoms with Crippen LogP contribution < -0.4 is 0 Å². The van der Waals surface area contributed by atoms with Crippen molar-refractivity contribution in [3.63, 3.8) is 0 Å². The van der Waals surface area contributed by atoms with Crippen LogP contribution in [0.4, 0.5) is 0 Å². The van der Waals surface area contributed by atoms with Gasteiger partial charge in [0.15, 0.2) is 0 Å². The summed E-state index contributed by atoms with van der Waals surface area (Å²) in [5, 5.41) is 10.1. The molecule has 1 aromatic rings. The van der Waals surface area contributed by atoms with Gasteiger partial charge < -0.3 is 5.11 Å². The first-order valence-electron chi connectivity index (χ1n) is 4.30. The maximum atomic E-state index is 10.1. The molecule has 0 bridgehead atoms. The fourth-order valence-corrected chi connectivity index (χ4v) is 1.99. The van der Waals surface area contributed by atoms with Crippen LogP contribution in [-0.2, 0) is 11.0 Å². The van der Waals surface area contributed by atoms with Crippen molar-refractivity contribution < 1.29 is 5.11 Å². The van der Waals surface area contributed by atoms with E-state index in [1.165, 1.54) is 5.56 Å². The lowest BCUT2D eigenvalue weighted by molar-refractivity contribution is -0.0456. The molecule has 0 aromatic heterocycles. The molecule has 0 saturated carbocycles. The van der Waals surface area contributed by atoms with Gasteiger partial charge in [-0.3, -0.25) is 0 Å². The van der Waals surface area contributed by atoms with Crippen molar-refractivity contribution in [1.29, 1.82) is 0 Å². The van der Waals surface area contributed by atoms with Crippen LogP contribution in [0, 0.1) is 0 Å². The van der Waals surface area contributed by atoms with Crippen LogP contribution in [0.3, 0.4) is 0 Å². The van der Waals surface area contributed by atoms with Gasteiger partial charge >= 0.3 is 0 Å². The summed E-state index contributed by atoms with van der Waals surface area (Å²) in [6.45, 7) is 6.04. The molecule has 0 unspecified atom stereocenters. The maximum absolute atomic E-state index is 10.1. The molecule has 1 atom stereocenters. The Bertz CT molecular complexity index is 291. The summed E-state index contributed by atoms with van der Waals surface area (Å²) >= 11 is 0. The van der Waals surface area contributed by atoms with Gasteiger partial charge in [-0.1, -0.05) is 38.1 Å². The number of aliphatic hydroxyl groups is 1. The van der Waals surface area contributed by atoms with Crippen LogP contribution in [0.1, 0.15) is 31.9 Å². The van der Waals surface area contributed by atoms with E-state index in [0.717, 1.165) is 5.56 Å². The first-order chi connectivity index (χ1) is 5.48. The molecule has 0 fully saturated rings. The van der Waals surface area contributed by atoms with Gasteiger partial charge in [0.05, 0.1) is 5.60 Å². The van der Waals surface area contributed by atoms with Gasteiger partial charge in [-0.15, -0.1) is 0 Å². The van der Waals surface area contributed by atoms with Crippen LogP contribution in [-0.4, -0.2) is 5.11 Å². The smallest absolute Gasteiger partial charge is 0.0962 e. The molecule has 1 N–H and O–H groups in total. The first-order valence-corrected chi connectivity index (χ1v) is 4.30. The summed E-state index contributed by atoms with van der Waals surface area (Å²) in [7, 11) is 0. The Morgan fingerprint density at radius 2 is 1.50 bits per heavy atom. The van der Waals surface area contributed by atoms with E-state index in [2.05, 4.69) is 19.9 Å². The molecule has 1 nitrogen and oxygen atoms in total. The SMILES string of the molecule is CC1(C)c2ccccc2[C@@]1(C)O. The van der Waals surface area contributed by atoms with E-state index < -0.39 is 5.60 Å². The largest absolute Gasteiger partial charge is 0.385 e. The number of hydrogen-bond donors (Lipinski definition) is 1. The van der Waals surface area contributed by atoms with Gasteiger partial charge in [-0.25, -0.2) is 0 Å². The van der Waals surface area contributed by atoms with Gasteiger partial charge in [0.2, 0.25) is 0 Å². The molecule has 1 aliphatic rings. The zero-order valence-corrected chi connectivity index (χ0v) is 7.76. The summed E-state index contributed by atoms with van der Waals surface area (Å²) in [5.74, 6) is 0. The Hall–Kier alpha value is -0.820. The van der Waals surface area contributed by atoms with E-state index in [0.29, 0.717) is 0 Å². The molecule has 12 heavy (non-hydrogen) atoms. The van der Waals surface area contributed by atoms with Crippen LogP contribution in [0.25, 0.3) is 0 Å². The summed E-state index contributed by atoms with van der Waals surface area (Å²) in [6.07, 6.45) is 0. The zero-order chi connectivity index (χ0) is 8.98. The van der Waals surface area contributed by atoms with Crippen molar-refractivity contribution >= 4 is 0 Å². The predicted molar refractivity (Wildman–Crippen MR) is 49.0 cm³/mol. The van der Waals surface area contributed by atoms with E-state index in [9.17, 15) is 5.11 Å². The third-order valence-corrected chi connectivity index (χ3v) is 3.34. The Balaban J connectivity index is 2.64. The predicted octanol–water partition coefficient (Wildman–Crippen LogP) is 2.19. The average Bonchev–Trinajstić information content (AvgIpc) is 2.04. The van der Waals surface area contributed by atoms with Gasteiger partial charge in [0.1, 0.15) is 0 Å². The summed E-state index contributed by atoms with van der Waals surface area (Å²) < 4.78 is 0. The highest BCUT2D eigenvalue weighted by atomic mass is 16.3. The monoisotopic (exact) mass is 162 g/mol. The normalized spacial score (nSPS) is 30.7. The van der Waals surface area contributed by atoms with Crippen molar-refractivity contribution in [2.75, 3.05) is 0 Å². The van der Waals surface area contributed by atoms with Crippen molar-refractivity contribution in [2.24, 2.45) is 0 Å². The molecule has 1 aromatic carbocycles. The molecular formula is C11H14O. The number of fused-ring (bicyclic) bond motifs is 1. The second-order valence-electron chi connectivity index (χ2n) is 4.24. The standard InChI is InChI=1S/C11H14O/c1-10(2)8-6-4-5-7-9(8)11(10,3)12/h4-7,12H,1-3H3/t11-/m1/s1. The highest BCUT2D eigenvalue weighted by Gasteiger charge is 2.52. The minimum Gasteiger partial charge on any atom is -0.385 e. The zero-order valence-electron chi connectivity index (χ0n) is 7.76. The van der Waals surface area contributed by atoms with Gasteiger partial charge in [0.25, 0.3) is 0 Å². The van der Waals surface area contributed by atoms with E-state index in [1.54, 1.807) is 0 Å². The van der Waals surface area contributed by atoms with E-state index in [4.69, 9.17) is 0 Å². The quantitative estimate of drug-likeness (QED) is 0.620. The minimum absolute atomic E-state index is 0.0937. The summed E-state index contributed by atoms with van der Waals surface area (Å²) in [5.41, 5.74) is 1.61. The molecular weight excluding hydrogens is 148 g/mol. The first kappa shape index (κ1) is 7.81. The molecule has 0 aliphatic heterocycles. The Labute approximate surface area is 73.0 Å². The second-order valence-corrected chi connectivity index (χ2v) is 4.24. The molecule has 0 amide bonds. The lowest BCUT2D eigenvalue weighted by Crippen LogP contribution is -2.52. The minimum atomic E-state index is -0.649. The third kappa shape index (κ3) is 0.632. The van der Waals surface area contributed by atoms with Crippen LogP contribution in [0.5, 0.6) is 0 Å². The lowest BCUT2D eigenvalue weighted by Gasteiger charge is -2.52. The molecule has 1 heteroatoms. The van der Waals surface area contributed by atoms with Crippen molar-refractivity contribution in [3.05, 3.63) is 35.4 Å². The van der Waals surface area contributed by atoms with Crippen molar-refractivity contribution in [3.8, 4) is 0 Å². The molecule has 0 heterocycles. The lowest BCUT2D eigenvalue weighted by atomic mass is 9.56. The highest BCUT2D eigenvalue weighted by Crippen LogP contribution is 2.53. The Morgan fingerprint density at radius 1 is 1.00 bits per heavy atom. The number of benzene rings is 1. The van der Waals surface area contributed by atoms with Gasteiger partial charge in [-0.2, -0.15) is 0 Å². The second kappa shape index (κ2) is 1.91. The summed E-state index contributed by atoms with van der Waals surface area (Å²) in [4.78, 5) is 0. The fourth-order valence-electron chi connectivity index (χ4n) is 1.99. The molecule has 0 saturated heterocycles. The fraction of sp³-hybridized carbons (Fsp3) is 0.455. The number of hydrogen-bond acceptors (Lipinski definition) is 1. The van der Waals surface area contributed by atoms with Crippen LogP contribution in [0.15, 0.2) is 24.3 Å². The average molecular weight is 162 g/mol. The van der Waals surface area contributed by atoms with Gasteiger partial charge in [0, 0.05) is 5.41 Å². The van der Waals surface area contributed by atoms with E-state index >= 15 is 0 Å². The van der Waals surface area contributed by atoms with Crippen molar-refractivity contribution in [1.82, 2.24) is 0 Å².